The van der Waals surface area contributed by atoms with Crippen molar-refractivity contribution in [3.05, 3.63) is 29.6 Å². The first-order chi connectivity index (χ1) is 7.29. The van der Waals surface area contributed by atoms with Crippen LogP contribution in [0.25, 0.3) is 0 Å². The molecule has 0 spiro atoms. The summed E-state index contributed by atoms with van der Waals surface area (Å²) < 4.78 is 13.0. The van der Waals surface area contributed by atoms with Crippen LogP contribution in [0.4, 0.5) is 4.39 Å². The fourth-order valence-corrected chi connectivity index (χ4v) is 3.30. The normalized spacial score (nSPS) is 19.2. The zero-order valence-corrected chi connectivity index (χ0v) is 9.74. The Kier molecular flexibility index (Phi) is 3.65. The summed E-state index contributed by atoms with van der Waals surface area (Å²) in [6, 6.07) is 5.15. The van der Waals surface area contributed by atoms with E-state index in [-0.39, 0.29) is 5.82 Å². The van der Waals surface area contributed by atoms with Crippen molar-refractivity contribution in [3.63, 3.8) is 0 Å². The van der Waals surface area contributed by atoms with Gasteiger partial charge in [0.15, 0.2) is 0 Å². The summed E-state index contributed by atoms with van der Waals surface area (Å²) in [5, 5.41) is 3.80. The highest BCUT2D eigenvalue weighted by atomic mass is 32.2. The van der Waals surface area contributed by atoms with Gasteiger partial charge in [-0.1, -0.05) is 0 Å². The van der Waals surface area contributed by atoms with E-state index in [4.69, 9.17) is 0 Å². The molecule has 1 nitrogen and oxygen atoms in total. The maximum Gasteiger partial charge on any atom is 0.123 e. The van der Waals surface area contributed by atoms with E-state index >= 15 is 0 Å². The molecule has 0 saturated carbocycles. The first-order valence-electron chi connectivity index (χ1n) is 5.39. The molecular weight excluding hydrogens is 209 g/mol. The average molecular weight is 225 g/mol. The van der Waals surface area contributed by atoms with Crippen molar-refractivity contribution >= 4 is 11.8 Å². The minimum absolute atomic E-state index is 0.106. The van der Waals surface area contributed by atoms with E-state index < -0.39 is 0 Å². The zero-order chi connectivity index (χ0) is 10.7. The van der Waals surface area contributed by atoms with Gasteiger partial charge in [-0.25, -0.2) is 4.39 Å². The first-order valence-corrected chi connectivity index (χ1v) is 6.27. The summed E-state index contributed by atoms with van der Waals surface area (Å²) in [5.74, 6) is -0.106. The van der Waals surface area contributed by atoms with Crippen molar-refractivity contribution in [2.75, 3.05) is 13.6 Å². The minimum atomic E-state index is -0.106. The number of thioether (sulfide) groups is 1. The highest BCUT2D eigenvalue weighted by Crippen LogP contribution is 2.39. The van der Waals surface area contributed by atoms with Crippen molar-refractivity contribution < 1.29 is 4.39 Å². The number of halogens is 1. The lowest BCUT2D eigenvalue weighted by Gasteiger charge is -2.06. The number of fused-ring (bicyclic) bond motifs is 1. The summed E-state index contributed by atoms with van der Waals surface area (Å²) >= 11 is 1.90. The summed E-state index contributed by atoms with van der Waals surface area (Å²) in [5.41, 5.74) is 1.19. The lowest BCUT2D eigenvalue weighted by molar-refractivity contribution is 0.621. The Labute approximate surface area is 94.5 Å². The zero-order valence-electron chi connectivity index (χ0n) is 8.92. The van der Waals surface area contributed by atoms with Crippen molar-refractivity contribution in [1.82, 2.24) is 5.32 Å². The number of nitrogens with one attached hydrogen (secondary N) is 1. The second kappa shape index (κ2) is 4.99. The molecule has 1 unspecified atom stereocenters. The average Bonchev–Trinajstić information content (AvgIpc) is 2.60. The van der Waals surface area contributed by atoms with Crippen molar-refractivity contribution in [1.29, 1.82) is 0 Å². The topological polar surface area (TPSA) is 12.0 Å². The van der Waals surface area contributed by atoms with Gasteiger partial charge in [-0.15, -0.1) is 11.8 Å². The Morgan fingerprint density at radius 3 is 3.20 bits per heavy atom. The minimum Gasteiger partial charge on any atom is -0.320 e. The lowest BCUT2D eigenvalue weighted by atomic mass is 10.1. The van der Waals surface area contributed by atoms with Crippen LogP contribution in [-0.4, -0.2) is 18.8 Å². The van der Waals surface area contributed by atoms with E-state index in [2.05, 4.69) is 5.32 Å². The van der Waals surface area contributed by atoms with Gasteiger partial charge in [0, 0.05) is 10.1 Å². The molecule has 1 N–H and O–H groups in total. The van der Waals surface area contributed by atoms with Crippen molar-refractivity contribution in [3.8, 4) is 0 Å². The monoisotopic (exact) mass is 225 g/mol. The maximum absolute atomic E-state index is 13.0. The van der Waals surface area contributed by atoms with Crippen molar-refractivity contribution in [2.24, 2.45) is 0 Å². The molecule has 1 aromatic rings. The van der Waals surface area contributed by atoms with Gasteiger partial charge >= 0.3 is 0 Å². The standard InChI is InChI=1S/C12H16FNS/c1-14-6-2-3-11-8-9-7-10(13)4-5-12(9)15-11/h4-5,7,11,14H,2-3,6,8H2,1H3. The predicted molar refractivity (Wildman–Crippen MR) is 62.9 cm³/mol. The third kappa shape index (κ3) is 2.73. The molecule has 3 heteroatoms. The van der Waals surface area contributed by atoms with Gasteiger partial charge in [-0.2, -0.15) is 0 Å². The van der Waals surface area contributed by atoms with Crippen molar-refractivity contribution in [2.45, 2.75) is 29.4 Å². The van der Waals surface area contributed by atoms with Gasteiger partial charge in [0.2, 0.25) is 0 Å². The van der Waals surface area contributed by atoms with E-state index in [9.17, 15) is 4.39 Å². The van der Waals surface area contributed by atoms with Gasteiger partial charge in [0.25, 0.3) is 0 Å². The number of hydrogen-bond acceptors (Lipinski definition) is 2. The summed E-state index contributed by atoms with van der Waals surface area (Å²) in [4.78, 5) is 1.27. The molecule has 1 atom stereocenters. The Balaban J connectivity index is 1.91. The van der Waals surface area contributed by atoms with Crippen LogP contribution in [0, 0.1) is 5.82 Å². The molecule has 15 heavy (non-hydrogen) atoms. The molecule has 0 radical (unpaired) electrons. The molecular formula is C12H16FNS. The van der Waals surface area contributed by atoms with Crippen LogP contribution in [-0.2, 0) is 6.42 Å². The molecule has 2 rings (SSSR count). The van der Waals surface area contributed by atoms with Gasteiger partial charge in [0.05, 0.1) is 0 Å². The number of hydrogen-bond donors (Lipinski definition) is 1. The predicted octanol–water partition coefficient (Wildman–Crippen LogP) is 2.84. The van der Waals surface area contributed by atoms with Crippen LogP contribution in [0.15, 0.2) is 23.1 Å². The molecule has 0 saturated heterocycles. The van der Waals surface area contributed by atoms with Gasteiger partial charge in [0.1, 0.15) is 5.82 Å². The van der Waals surface area contributed by atoms with Gasteiger partial charge in [-0.3, -0.25) is 0 Å². The fraction of sp³-hybridized carbons (Fsp3) is 0.500. The van der Waals surface area contributed by atoms with Crippen LogP contribution in [0.1, 0.15) is 18.4 Å². The molecule has 82 valence electrons. The second-order valence-corrected chi connectivity index (χ2v) is 5.28. The molecule has 0 bridgehead atoms. The Morgan fingerprint density at radius 2 is 2.40 bits per heavy atom. The van der Waals surface area contributed by atoms with Crippen LogP contribution in [0.2, 0.25) is 0 Å². The Bertz CT molecular complexity index is 340. The van der Waals surface area contributed by atoms with Crippen LogP contribution in [0.3, 0.4) is 0 Å². The fourth-order valence-electron chi connectivity index (χ4n) is 1.96. The van der Waals surface area contributed by atoms with E-state index in [1.807, 2.05) is 24.9 Å². The van der Waals surface area contributed by atoms with Crippen LogP contribution >= 0.6 is 11.8 Å². The molecule has 0 aromatic heterocycles. The molecule has 1 aliphatic rings. The van der Waals surface area contributed by atoms with E-state index in [0.717, 1.165) is 13.0 Å². The van der Waals surface area contributed by atoms with Gasteiger partial charge in [-0.05, 0) is 56.6 Å². The molecule has 0 fully saturated rings. The summed E-state index contributed by atoms with van der Waals surface area (Å²) in [7, 11) is 1.98. The summed E-state index contributed by atoms with van der Waals surface area (Å²) in [6.45, 7) is 1.07. The lowest BCUT2D eigenvalue weighted by Crippen LogP contribution is -2.10. The van der Waals surface area contributed by atoms with Crippen LogP contribution in [0.5, 0.6) is 0 Å². The van der Waals surface area contributed by atoms with E-state index in [1.54, 1.807) is 12.1 Å². The van der Waals surface area contributed by atoms with Crippen LogP contribution < -0.4 is 5.32 Å². The number of benzene rings is 1. The third-order valence-electron chi connectivity index (χ3n) is 2.72. The smallest absolute Gasteiger partial charge is 0.123 e. The first kappa shape index (κ1) is 11.0. The summed E-state index contributed by atoms with van der Waals surface area (Å²) in [6.07, 6.45) is 3.44. The molecule has 0 amide bonds. The van der Waals surface area contributed by atoms with E-state index in [0.29, 0.717) is 5.25 Å². The maximum atomic E-state index is 13.0. The van der Waals surface area contributed by atoms with Gasteiger partial charge < -0.3 is 5.32 Å². The Morgan fingerprint density at radius 1 is 1.53 bits per heavy atom. The number of rotatable bonds is 4. The molecule has 0 aliphatic carbocycles. The molecule has 1 aliphatic heterocycles. The highest BCUT2D eigenvalue weighted by molar-refractivity contribution is 8.00. The Hall–Kier alpha value is -0.540. The SMILES string of the molecule is CNCCCC1Cc2cc(F)ccc2S1. The molecule has 1 aromatic carbocycles. The highest BCUT2D eigenvalue weighted by Gasteiger charge is 2.21. The quantitative estimate of drug-likeness (QED) is 0.791. The second-order valence-electron chi connectivity index (χ2n) is 3.94. The van der Waals surface area contributed by atoms with E-state index in [1.165, 1.54) is 23.3 Å². The largest absolute Gasteiger partial charge is 0.320 e. The molecule has 1 heterocycles. The third-order valence-corrected chi connectivity index (χ3v) is 4.10.